The van der Waals surface area contributed by atoms with E-state index in [0.717, 1.165) is 0 Å². The molecule has 0 radical (unpaired) electrons. The van der Waals surface area contributed by atoms with E-state index in [1.165, 1.54) is 0 Å². The molecule has 0 aliphatic heterocycles. The number of ether oxygens (including phenoxy) is 1. The molecule has 6 heteroatoms. The second kappa shape index (κ2) is 6.29. The first-order chi connectivity index (χ1) is 9.19. The van der Waals surface area contributed by atoms with Crippen LogP contribution in [0.1, 0.15) is 6.92 Å². The smallest absolute Gasteiger partial charge is 0.326 e. The van der Waals surface area contributed by atoms with Crippen LogP contribution in [0, 0.1) is 0 Å². The highest BCUT2D eigenvalue weighted by atomic mass is 79.9. The molecule has 0 fully saturated rings. The molecule has 2 rings (SSSR count). The van der Waals surface area contributed by atoms with Crippen LogP contribution in [-0.4, -0.2) is 12.6 Å². The number of hydrogen-bond acceptors (Lipinski definition) is 3. The van der Waals surface area contributed by atoms with Crippen molar-refractivity contribution in [3.05, 3.63) is 41.1 Å². The first-order valence-corrected chi connectivity index (χ1v) is 6.53. The highest BCUT2D eigenvalue weighted by molar-refractivity contribution is 9.10. The lowest BCUT2D eigenvalue weighted by atomic mass is 10.3. The third-order valence-electron chi connectivity index (χ3n) is 2.25. The number of rotatable bonds is 4. The van der Waals surface area contributed by atoms with Gasteiger partial charge in [-0.25, -0.2) is 4.79 Å². The number of urea groups is 1. The van der Waals surface area contributed by atoms with Gasteiger partial charge in [-0.05, 0) is 41.1 Å². The number of hydrogen-bond donors (Lipinski definition) is 2. The second-order valence-corrected chi connectivity index (χ2v) is 4.39. The van der Waals surface area contributed by atoms with Gasteiger partial charge in [-0.3, -0.25) is 5.32 Å². The summed E-state index contributed by atoms with van der Waals surface area (Å²) in [6, 6.07) is 10.2. The third-order valence-corrected chi connectivity index (χ3v) is 2.67. The summed E-state index contributed by atoms with van der Waals surface area (Å²) in [5.41, 5.74) is 0.604. The Morgan fingerprint density at radius 1 is 1.26 bits per heavy atom. The lowest BCUT2D eigenvalue weighted by Crippen LogP contribution is -2.19. The predicted octanol–water partition coefficient (Wildman–Crippen LogP) is 4.08. The molecule has 0 aliphatic carbocycles. The highest BCUT2D eigenvalue weighted by Crippen LogP contribution is 2.24. The average molecular weight is 325 g/mol. The zero-order chi connectivity index (χ0) is 13.7. The zero-order valence-electron chi connectivity index (χ0n) is 10.3. The van der Waals surface area contributed by atoms with Crippen molar-refractivity contribution in [2.75, 3.05) is 17.2 Å². The van der Waals surface area contributed by atoms with Crippen LogP contribution in [0.25, 0.3) is 0 Å². The van der Waals surface area contributed by atoms with Gasteiger partial charge in [-0.1, -0.05) is 12.1 Å². The van der Waals surface area contributed by atoms with Gasteiger partial charge in [0.15, 0.2) is 4.67 Å². The van der Waals surface area contributed by atoms with Crippen molar-refractivity contribution in [3.8, 4) is 5.75 Å². The van der Waals surface area contributed by atoms with Gasteiger partial charge in [0.05, 0.1) is 12.3 Å². The molecule has 100 valence electrons. The Hall–Kier alpha value is -1.95. The van der Waals surface area contributed by atoms with Gasteiger partial charge in [0.1, 0.15) is 5.75 Å². The van der Waals surface area contributed by atoms with Gasteiger partial charge >= 0.3 is 6.03 Å². The first-order valence-electron chi connectivity index (χ1n) is 5.74. The van der Waals surface area contributed by atoms with Crippen LogP contribution in [0.2, 0.25) is 0 Å². The largest absolute Gasteiger partial charge is 0.492 e. The molecule has 0 atom stereocenters. The molecular formula is C13H13BrN2O3. The number of amides is 2. The minimum Gasteiger partial charge on any atom is -0.492 e. The van der Waals surface area contributed by atoms with Gasteiger partial charge in [-0.2, -0.15) is 0 Å². The maximum absolute atomic E-state index is 11.8. The van der Waals surface area contributed by atoms with Crippen LogP contribution >= 0.6 is 15.9 Å². The van der Waals surface area contributed by atoms with E-state index in [2.05, 4.69) is 26.6 Å². The summed E-state index contributed by atoms with van der Waals surface area (Å²) in [6.45, 7) is 2.42. The van der Waals surface area contributed by atoms with E-state index < -0.39 is 6.03 Å². The van der Waals surface area contributed by atoms with Crippen molar-refractivity contribution >= 4 is 33.5 Å². The number of benzene rings is 1. The molecule has 0 bridgehead atoms. The molecule has 0 saturated carbocycles. The monoisotopic (exact) mass is 324 g/mol. The molecule has 1 heterocycles. The second-order valence-electron chi connectivity index (χ2n) is 3.61. The topological polar surface area (TPSA) is 63.5 Å². The predicted molar refractivity (Wildman–Crippen MR) is 76.7 cm³/mol. The summed E-state index contributed by atoms with van der Waals surface area (Å²) in [6.07, 6.45) is 0. The number of anilines is 2. The molecule has 2 N–H and O–H groups in total. The molecular weight excluding hydrogens is 312 g/mol. The fourth-order valence-electron chi connectivity index (χ4n) is 1.50. The van der Waals surface area contributed by atoms with Crippen LogP contribution in [0.4, 0.5) is 16.4 Å². The van der Waals surface area contributed by atoms with Crippen molar-refractivity contribution < 1.29 is 13.9 Å². The molecule has 5 nitrogen and oxygen atoms in total. The maximum Gasteiger partial charge on any atom is 0.326 e. The lowest BCUT2D eigenvalue weighted by Gasteiger charge is -2.11. The van der Waals surface area contributed by atoms with E-state index in [4.69, 9.17) is 9.15 Å². The number of carbonyl (C=O) groups excluding carboxylic acids is 1. The molecule has 2 amide bonds. The van der Waals surface area contributed by atoms with E-state index in [-0.39, 0.29) is 0 Å². The summed E-state index contributed by atoms with van der Waals surface area (Å²) in [5.74, 6) is 0.985. The van der Waals surface area contributed by atoms with Crippen molar-refractivity contribution in [2.45, 2.75) is 6.92 Å². The van der Waals surface area contributed by atoms with Crippen LogP contribution in [-0.2, 0) is 0 Å². The van der Waals surface area contributed by atoms with Crippen molar-refractivity contribution in [2.24, 2.45) is 0 Å². The van der Waals surface area contributed by atoms with E-state index in [1.807, 2.05) is 19.1 Å². The molecule has 19 heavy (non-hydrogen) atoms. The minimum atomic E-state index is -0.394. The van der Waals surface area contributed by atoms with E-state index >= 15 is 0 Å². The zero-order valence-corrected chi connectivity index (χ0v) is 11.9. The SMILES string of the molecule is CCOc1ccccc1NC(=O)Nc1ccc(Br)o1. The Morgan fingerprint density at radius 2 is 2.05 bits per heavy atom. The summed E-state index contributed by atoms with van der Waals surface area (Å²) in [4.78, 5) is 11.8. The minimum absolute atomic E-state index is 0.360. The quantitative estimate of drug-likeness (QED) is 0.890. The summed E-state index contributed by atoms with van der Waals surface area (Å²) in [7, 11) is 0. The molecule has 0 spiro atoms. The van der Waals surface area contributed by atoms with Crippen molar-refractivity contribution in [1.82, 2.24) is 0 Å². The van der Waals surface area contributed by atoms with Gasteiger partial charge in [-0.15, -0.1) is 0 Å². The summed E-state index contributed by atoms with van der Waals surface area (Å²) < 4.78 is 11.2. The lowest BCUT2D eigenvalue weighted by molar-refractivity contribution is 0.261. The molecule has 0 unspecified atom stereocenters. The number of carbonyl (C=O) groups is 1. The van der Waals surface area contributed by atoms with Crippen LogP contribution in [0.3, 0.4) is 0 Å². The average Bonchev–Trinajstić information content (AvgIpc) is 2.77. The Bertz CT molecular complexity index is 569. The van der Waals surface area contributed by atoms with Gasteiger partial charge in [0.25, 0.3) is 0 Å². The molecule has 1 aromatic heterocycles. The number of nitrogens with one attached hydrogen (secondary N) is 2. The van der Waals surface area contributed by atoms with Gasteiger partial charge in [0, 0.05) is 6.07 Å². The normalized spacial score (nSPS) is 10.0. The summed E-state index contributed by atoms with van der Waals surface area (Å²) >= 11 is 3.16. The Labute approximate surface area is 119 Å². The van der Waals surface area contributed by atoms with E-state index in [1.54, 1.807) is 24.3 Å². The molecule has 0 aliphatic rings. The third kappa shape index (κ3) is 3.75. The Balaban J connectivity index is 2.02. The highest BCUT2D eigenvalue weighted by Gasteiger charge is 2.08. The Kier molecular flexibility index (Phi) is 4.46. The van der Waals surface area contributed by atoms with Gasteiger partial charge in [0.2, 0.25) is 5.88 Å². The Morgan fingerprint density at radius 3 is 2.74 bits per heavy atom. The fraction of sp³-hybridized carbons (Fsp3) is 0.154. The van der Waals surface area contributed by atoms with Crippen LogP contribution in [0.5, 0.6) is 5.75 Å². The van der Waals surface area contributed by atoms with E-state index in [9.17, 15) is 4.79 Å². The molecule has 1 aromatic carbocycles. The van der Waals surface area contributed by atoms with E-state index in [0.29, 0.717) is 28.6 Å². The van der Waals surface area contributed by atoms with Gasteiger partial charge < -0.3 is 14.5 Å². The maximum atomic E-state index is 11.8. The number of furan rings is 1. The molecule has 2 aromatic rings. The van der Waals surface area contributed by atoms with Crippen LogP contribution in [0.15, 0.2) is 45.5 Å². The summed E-state index contributed by atoms with van der Waals surface area (Å²) in [5, 5.41) is 5.28. The molecule has 0 saturated heterocycles. The fourth-order valence-corrected chi connectivity index (χ4v) is 1.80. The van der Waals surface area contributed by atoms with Crippen molar-refractivity contribution in [1.29, 1.82) is 0 Å². The van der Waals surface area contributed by atoms with Crippen LogP contribution < -0.4 is 15.4 Å². The standard InChI is InChI=1S/C13H13BrN2O3/c1-2-18-10-6-4-3-5-9(10)15-13(17)16-12-8-7-11(14)19-12/h3-8H,2H2,1H3,(H2,15,16,17). The van der Waals surface area contributed by atoms with Crippen molar-refractivity contribution in [3.63, 3.8) is 0 Å². The number of halogens is 1. The number of para-hydroxylation sites is 2. The first kappa shape index (κ1) is 13.5.